The summed E-state index contributed by atoms with van der Waals surface area (Å²) in [5.41, 5.74) is 4.48. The zero-order valence-corrected chi connectivity index (χ0v) is 12.0. The van der Waals surface area contributed by atoms with Crippen molar-refractivity contribution >= 4 is 17.2 Å². The van der Waals surface area contributed by atoms with Crippen molar-refractivity contribution in [2.75, 3.05) is 18.5 Å². The molecule has 19 heavy (non-hydrogen) atoms. The van der Waals surface area contributed by atoms with E-state index in [2.05, 4.69) is 37.9 Å². The SMILES string of the molecule is C/C(=C\C(=O)O)c1ccc2c(c1)C(C)(C)CCN2C. The van der Waals surface area contributed by atoms with Gasteiger partial charge in [-0.25, -0.2) is 4.79 Å². The maximum atomic E-state index is 10.8. The molecule has 1 aliphatic heterocycles. The first-order chi connectivity index (χ1) is 8.81. The van der Waals surface area contributed by atoms with Crippen molar-refractivity contribution in [3.8, 4) is 0 Å². The van der Waals surface area contributed by atoms with E-state index in [0.29, 0.717) is 0 Å². The summed E-state index contributed by atoms with van der Waals surface area (Å²) in [7, 11) is 2.10. The minimum atomic E-state index is -0.897. The van der Waals surface area contributed by atoms with Gasteiger partial charge >= 0.3 is 5.97 Å². The van der Waals surface area contributed by atoms with Gasteiger partial charge in [-0.05, 0) is 47.6 Å². The Kier molecular flexibility index (Phi) is 3.40. The van der Waals surface area contributed by atoms with Gasteiger partial charge in [-0.1, -0.05) is 19.9 Å². The van der Waals surface area contributed by atoms with Gasteiger partial charge < -0.3 is 10.0 Å². The molecule has 0 aliphatic carbocycles. The van der Waals surface area contributed by atoms with Crippen molar-refractivity contribution in [1.82, 2.24) is 0 Å². The molecule has 2 rings (SSSR count). The molecule has 0 spiro atoms. The number of aliphatic carboxylic acids is 1. The second-order valence-electron chi connectivity index (χ2n) is 5.95. The highest BCUT2D eigenvalue weighted by atomic mass is 16.4. The van der Waals surface area contributed by atoms with Gasteiger partial charge in [-0.15, -0.1) is 0 Å². The molecule has 0 fully saturated rings. The number of rotatable bonds is 2. The maximum Gasteiger partial charge on any atom is 0.328 e. The Morgan fingerprint density at radius 3 is 2.74 bits per heavy atom. The molecule has 0 aromatic heterocycles. The van der Waals surface area contributed by atoms with E-state index in [1.165, 1.54) is 17.3 Å². The van der Waals surface area contributed by atoms with Crippen molar-refractivity contribution in [2.45, 2.75) is 32.6 Å². The molecule has 0 atom stereocenters. The first-order valence-corrected chi connectivity index (χ1v) is 6.58. The summed E-state index contributed by atoms with van der Waals surface area (Å²) in [6.07, 6.45) is 2.38. The van der Waals surface area contributed by atoms with E-state index in [1.807, 2.05) is 13.0 Å². The van der Waals surface area contributed by atoms with E-state index in [1.54, 1.807) is 0 Å². The molecule has 1 N–H and O–H groups in total. The van der Waals surface area contributed by atoms with Crippen LogP contribution in [-0.2, 0) is 10.2 Å². The number of hydrogen-bond donors (Lipinski definition) is 1. The van der Waals surface area contributed by atoms with Crippen LogP contribution in [0.5, 0.6) is 0 Å². The number of carbonyl (C=O) groups is 1. The molecule has 0 amide bonds. The summed E-state index contributed by atoms with van der Waals surface area (Å²) in [6.45, 7) is 7.40. The Morgan fingerprint density at radius 2 is 2.11 bits per heavy atom. The Hall–Kier alpha value is -1.77. The van der Waals surface area contributed by atoms with E-state index in [4.69, 9.17) is 5.11 Å². The molecular formula is C16H21NO2. The van der Waals surface area contributed by atoms with Gasteiger partial charge in [0, 0.05) is 25.4 Å². The quantitative estimate of drug-likeness (QED) is 0.828. The molecule has 0 saturated carbocycles. The topological polar surface area (TPSA) is 40.5 Å². The highest BCUT2D eigenvalue weighted by Gasteiger charge is 2.29. The van der Waals surface area contributed by atoms with Crippen molar-refractivity contribution in [1.29, 1.82) is 0 Å². The molecule has 0 radical (unpaired) electrons. The van der Waals surface area contributed by atoms with Crippen LogP contribution in [0.3, 0.4) is 0 Å². The van der Waals surface area contributed by atoms with Gasteiger partial charge in [0.1, 0.15) is 0 Å². The first-order valence-electron chi connectivity index (χ1n) is 6.58. The second-order valence-corrected chi connectivity index (χ2v) is 5.95. The molecule has 0 unspecified atom stereocenters. The number of anilines is 1. The largest absolute Gasteiger partial charge is 0.478 e. The number of fused-ring (bicyclic) bond motifs is 1. The highest BCUT2D eigenvalue weighted by Crippen LogP contribution is 2.40. The molecule has 1 heterocycles. The van der Waals surface area contributed by atoms with Gasteiger partial charge in [0.25, 0.3) is 0 Å². The summed E-state index contributed by atoms with van der Waals surface area (Å²) in [4.78, 5) is 13.0. The minimum absolute atomic E-state index is 0.140. The normalized spacial score (nSPS) is 18.1. The fraction of sp³-hybridized carbons (Fsp3) is 0.438. The lowest BCUT2D eigenvalue weighted by molar-refractivity contribution is -0.131. The maximum absolute atomic E-state index is 10.8. The fourth-order valence-corrected chi connectivity index (χ4v) is 2.63. The zero-order valence-electron chi connectivity index (χ0n) is 12.0. The Morgan fingerprint density at radius 1 is 1.42 bits per heavy atom. The van der Waals surface area contributed by atoms with Crippen LogP contribution in [0.1, 0.15) is 38.3 Å². The molecule has 0 bridgehead atoms. The van der Waals surface area contributed by atoms with Crippen LogP contribution in [0.25, 0.3) is 5.57 Å². The Labute approximate surface area is 114 Å². The molecule has 0 saturated heterocycles. The summed E-state index contributed by atoms with van der Waals surface area (Å²) in [6, 6.07) is 6.25. The predicted molar refractivity (Wildman–Crippen MR) is 78.6 cm³/mol. The monoisotopic (exact) mass is 259 g/mol. The van der Waals surface area contributed by atoms with Crippen molar-refractivity contribution < 1.29 is 9.90 Å². The average Bonchev–Trinajstić information content (AvgIpc) is 2.33. The number of allylic oxidation sites excluding steroid dienone is 1. The van der Waals surface area contributed by atoms with Crippen LogP contribution in [0.15, 0.2) is 24.3 Å². The standard InChI is InChI=1S/C16H21NO2/c1-11(9-15(18)19)12-5-6-14-13(10-12)16(2,3)7-8-17(14)4/h5-6,9-10H,7-8H2,1-4H3,(H,18,19)/b11-9+. The lowest BCUT2D eigenvalue weighted by Gasteiger charge is -2.38. The van der Waals surface area contributed by atoms with Gasteiger partial charge in [-0.2, -0.15) is 0 Å². The fourth-order valence-electron chi connectivity index (χ4n) is 2.63. The second kappa shape index (κ2) is 4.72. The van der Waals surface area contributed by atoms with Gasteiger partial charge in [0.15, 0.2) is 0 Å². The molecule has 1 aromatic rings. The highest BCUT2D eigenvalue weighted by molar-refractivity contribution is 5.89. The minimum Gasteiger partial charge on any atom is -0.478 e. The number of hydrogen-bond acceptors (Lipinski definition) is 2. The van der Waals surface area contributed by atoms with Crippen LogP contribution >= 0.6 is 0 Å². The number of carboxylic acids is 1. The summed E-state index contributed by atoms with van der Waals surface area (Å²) < 4.78 is 0. The first kappa shape index (κ1) is 13.7. The molecule has 3 heteroatoms. The van der Waals surface area contributed by atoms with Gasteiger partial charge in [0.2, 0.25) is 0 Å². The van der Waals surface area contributed by atoms with Crippen LogP contribution < -0.4 is 4.90 Å². The van der Waals surface area contributed by atoms with Crippen molar-refractivity contribution in [2.24, 2.45) is 0 Å². The predicted octanol–water partition coefficient (Wildman–Crippen LogP) is 3.29. The Balaban J connectivity index is 2.51. The summed E-state index contributed by atoms with van der Waals surface area (Å²) >= 11 is 0. The van der Waals surface area contributed by atoms with E-state index >= 15 is 0 Å². The van der Waals surface area contributed by atoms with Gasteiger partial charge in [0.05, 0.1) is 0 Å². The molecule has 102 valence electrons. The molecule has 3 nitrogen and oxygen atoms in total. The van der Waals surface area contributed by atoms with E-state index in [9.17, 15) is 4.79 Å². The lowest BCUT2D eigenvalue weighted by Crippen LogP contribution is -2.34. The number of carboxylic acid groups (broad SMARTS) is 1. The zero-order chi connectivity index (χ0) is 14.2. The average molecular weight is 259 g/mol. The van der Waals surface area contributed by atoms with Gasteiger partial charge in [-0.3, -0.25) is 0 Å². The smallest absolute Gasteiger partial charge is 0.328 e. The third-order valence-electron chi connectivity index (χ3n) is 4.00. The molecule has 1 aromatic carbocycles. The van der Waals surface area contributed by atoms with Crippen molar-refractivity contribution in [3.63, 3.8) is 0 Å². The third kappa shape index (κ3) is 2.65. The Bertz CT molecular complexity index is 544. The lowest BCUT2D eigenvalue weighted by atomic mass is 9.77. The van der Waals surface area contributed by atoms with Crippen LogP contribution in [0.4, 0.5) is 5.69 Å². The van der Waals surface area contributed by atoms with E-state index in [0.717, 1.165) is 24.1 Å². The molecule has 1 aliphatic rings. The van der Waals surface area contributed by atoms with Crippen LogP contribution in [0, 0.1) is 0 Å². The number of nitrogens with zero attached hydrogens (tertiary/aromatic N) is 1. The van der Waals surface area contributed by atoms with E-state index < -0.39 is 5.97 Å². The number of benzene rings is 1. The van der Waals surface area contributed by atoms with Crippen LogP contribution in [-0.4, -0.2) is 24.7 Å². The third-order valence-corrected chi connectivity index (χ3v) is 4.00. The summed E-state index contributed by atoms with van der Waals surface area (Å²) in [5, 5.41) is 8.84. The van der Waals surface area contributed by atoms with E-state index in [-0.39, 0.29) is 5.41 Å². The summed E-state index contributed by atoms with van der Waals surface area (Å²) in [5.74, 6) is -0.897. The van der Waals surface area contributed by atoms with Crippen LogP contribution in [0.2, 0.25) is 0 Å². The molecular weight excluding hydrogens is 238 g/mol. The van der Waals surface area contributed by atoms with Crippen molar-refractivity contribution in [3.05, 3.63) is 35.4 Å².